The molecule has 0 radical (unpaired) electrons. The second-order valence-electron chi connectivity index (χ2n) is 4.57. The maximum absolute atomic E-state index is 11.6. The minimum Gasteiger partial charge on any atom is -0.477 e. The van der Waals surface area contributed by atoms with Gasteiger partial charge in [-0.1, -0.05) is 12.8 Å². The van der Waals surface area contributed by atoms with Gasteiger partial charge in [0.15, 0.2) is 6.61 Å². The van der Waals surface area contributed by atoms with Crippen LogP contribution in [-0.2, 0) is 11.4 Å². The first kappa shape index (κ1) is 13.6. The van der Waals surface area contributed by atoms with Crippen LogP contribution in [0, 0.1) is 0 Å². The smallest absolute Gasteiger partial charge is 0.258 e. The van der Waals surface area contributed by atoms with Crippen molar-refractivity contribution in [1.29, 1.82) is 0 Å². The van der Waals surface area contributed by atoms with E-state index in [0.29, 0.717) is 0 Å². The number of aliphatic hydroxyl groups is 1. The van der Waals surface area contributed by atoms with Crippen LogP contribution in [0.3, 0.4) is 0 Å². The molecule has 0 spiro atoms. The first-order valence-electron chi connectivity index (χ1n) is 6.34. The molecule has 1 heterocycles. The molecule has 6 heteroatoms. The third-order valence-corrected chi connectivity index (χ3v) is 3.09. The van der Waals surface area contributed by atoms with Crippen molar-refractivity contribution in [3.8, 4) is 5.75 Å². The zero-order valence-corrected chi connectivity index (χ0v) is 10.6. The van der Waals surface area contributed by atoms with E-state index in [1.807, 2.05) is 0 Å². The summed E-state index contributed by atoms with van der Waals surface area (Å²) >= 11 is 0. The molecule has 1 aliphatic rings. The maximum Gasteiger partial charge on any atom is 0.258 e. The molecular formula is C13H17NO5. The first-order valence-corrected chi connectivity index (χ1v) is 6.34. The number of carbonyl (C=O) groups is 1. The number of hydrogen-bond donors (Lipinski definition) is 2. The van der Waals surface area contributed by atoms with E-state index in [1.165, 1.54) is 0 Å². The Morgan fingerprint density at radius 2 is 2.21 bits per heavy atom. The van der Waals surface area contributed by atoms with E-state index < -0.39 is 5.43 Å². The molecule has 0 saturated heterocycles. The van der Waals surface area contributed by atoms with Gasteiger partial charge in [-0.2, -0.15) is 0 Å². The first-order chi connectivity index (χ1) is 9.19. The monoisotopic (exact) mass is 267 g/mol. The van der Waals surface area contributed by atoms with E-state index in [9.17, 15) is 9.59 Å². The van der Waals surface area contributed by atoms with Crippen molar-refractivity contribution < 1.29 is 19.1 Å². The van der Waals surface area contributed by atoms with E-state index in [4.69, 9.17) is 14.3 Å². The highest BCUT2D eigenvalue weighted by atomic mass is 16.5. The summed E-state index contributed by atoms with van der Waals surface area (Å²) in [4.78, 5) is 23.1. The molecule has 6 nitrogen and oxygen atoms in total. The van der Waals surface area contributed by atoms with Crippen LogP contribution in [0.15, 0.2) is 21.5 Å². The average Bonchev–Trinajstić information content (AvgIpc) is 2.90. The van der Waals surface area contributed by atoms with Crippen molar-refractivity contribution in [1.82, 2.24) is 5.32 Å². The normalized spacial score (nSPS) is 15.4. The number of amides is 1. The summed E-state index contributed by atoms with van der Waals surface area (Å²) in [5, 5.41) is 11.6. The Hall–Kier alpha value is -1.82. The topological polar surface area (TPSA) is 88.8 Å². The summed E-state index contributed by atoms with van der Waals surface area (Å²) in [6.07, 6.45) is 5.38. The molecule has 0 aliphatic heterocycles. The Morgan fingerprint density at radius 3 is 2.84 bits per heavy atom. The minimum atomic E-state index is -0.413. The van der Waals surface area contributed by atoms with Crippen molar-refractivity contribution in [2.45, 2.75) is 38.3 Å². The van der Waals surface area contributed by atoms with Crippen LogP contribution >= 0.6 is 0 Å². The van der Waals surface area contributed by atoms with E-state index in [1.54, 1.807) is 0 Å². The van der Waals surface area contributed by atoms with Gasteiger partial charge in [-0.3, -0.25) is 9.59 Å². The largest absolute Gasteiger partial charge is 0.477 e. The van der Waals surface area contributed by atoms with Crippen molar-refractivity contribution in [2.75, 3.05) is 6.61 Å². The lowest BCUT2D eigenvalue weighted by Gasteiger charge is -2.12. The fraction of sp³-hybridized carbons (Fsp3) is 0.538. The summed E-state index contributed by atoms with van der Waals surface area (Å²) in [6.45, 7) is -0.558. The van der Waals surface area contributed by atoms with Crippen LogP contribution < -0.4 is 15.5 Å². The zero-order valence-electron chi connectivity index (χ0n) is 10.6. The number of ether oxygens (including phenoxy) is 1. The molecule has 1 saturated carbocycles. The SMILES string of the molecule is O=C(COc1coc(CO)cc1=O)NC1CCCC1. The van der Waals surface area contributed by atoms with Crippen LogP contribution in [0.2, 0.25) is 0 Å². The van der Waals surface area contributed by atoms with Gasteiger partial charge in [0, 0.05) is 12.1 Å². The fourth-order valence-electron chi connectivity index (χ4n) is 2.11. The number of aliphatic hydroxyl groups excluding tert-OH is 1. The fourth-order valence-corrected chi connectivity index (χ4v) is 2.11. The minimum absolute atomic E-state index is 0.0289. The third kappa shape index (κ3) is 3.82. The molecule has 0 bridgehead atoms. The molecule has 19 heavy (non-hydrogen) atoms. The number of nitrogens with one attached hydrogen (secondary N) is 1. The highest BCUT2D eigenvalue weighted by Gasteiger charge is 2.17. The zero-order chi connectivity index (χ0) is 13.7. The molecule has 1 aromatic rings. The van der Waals surface area contributed by atoms with Crippen LogP contribution in [0.4, 0.5) is 0 Å². The van der Waals surface area contributed by atoms with Crippen LogP contribution in [0.25, 0.3) is 0 Å². The van der Waals surface area contributed by atoms with Crippen LogP contribution in [-0.4, -0.2) is 23.7 Å². The van der Waals surface area contributed by atoms with Gasteiger partial charge in [-0.05, 0) is 12.8 Å². The van der Waals surface area contributed by atoms with Crippen molar-refractivity contribution in [3.05, 3.63) is 28.3 Å². The highest BCUT2D eigenvalue weighted by Crippen LogP contribution is 2.17. The Morgan fingerprint density at radius 1 is 1.47 bits per heavy atom. The van der Waals surface area contributed by atoms with E-state index in [2.05, 4.69) is 5.32 Å². The van der Waals surface area contributed by atoms with Crippen LogP contribution in [0.1, 0.15) is 31.4 Å². The van der Waals surface area contributed by atoms with Gasteiger partial charge >= 0.3 is 0 Å². The standard InChI is InChI=1S/C13H17NO5/c15-6-10-5-11(16)12(7-18-10)19-8-13(17)14-9-3-1-2-4-9/h5,7,9,15H,1-4,6,8H2,(H,14,17). The Balaban J connectivity index is 1.84. The van der Waals surface area contributed by atoms with Gasteiger partial charge in [-0.15, -0.1) is 0 Å². The van der Waals surface area contributed by atoms with E-state index in [-0.39, 0.29) is 36.7 Å². The number of hydrogen-bond acceptors (Lipinski definition) is 5. The molecule has 1 aliphatic carbocycles. The molecule has 0 aromatic carbocycles. The Bertz CT molecular complexity index is 490. The third-order valence-electron chi connectivity index (χ3n) is 3.09. The van der Waals surface area contributed by atoms with Gasteiger partial charge in [-0.25, -0.2) is 0 Å². The lowest BCUT2D eigenvalue weighted by molar-refractivity contribution is -0.123. The van der Waals surface area contributed by atoms with Crippen LogP contribution in [0.5, 0.6) is 5.75 Å². The van der Waals surface area contributed by atoms with E-state index >= 15 is 0 Å². The van der Waals surface area contributed by atoms with Gasteiger partial charge in [0.1, 0.15) is 18.6 Å². The van der Waals surface area contributed by atoms with Gasteiger partial charge in [0.2, 0.25) is 11.2 Å². The number of carbonyl (C=O) groups excluding carboxylic acids is 1. The quantitative estimate of drug-likeness (QED) is 0.814. The molecule has 1 aromatic heterocycles. The summed E-state index contributed by atoms with van der Waals surface area (Å²) in [6, 6.07) is 1.37. The predicted molar refractivity (Wildman–Crippen MR) is 66.8 cm³/mol. The highest BCUT2D eigenvalue weighted by molar-refractivity contribution is 5.77. The molecule has 0 unspecified atom stereocenters. The van der Waals surface area contributed by atoms with Gasteiger partial charge in [0.25, 0.3) is 5.91 Å². The maximum atomic E-state index is 11.6. The Labute approximate surface area is 110 Å². The second kappa shape index (κ2) is 6.38. The Kier molecular flexibility index (Phi) is 4.57. The van der Waals surface area contributed by atoms with Crippen molar-refractivity contribution in [3.63, 3.8) is 0 Å². The molecule has 1 fully saturated rings. The van der Waals surface area contributed by atoms with Gasteiger partial charge < -0.3 is 19.6 Å². The molecule has 2 N–H and O–H groups in total. The second-order valence-corrected chi connectivity index (χ2v) is 4.57. The molecule has 104 valence electrons. The summed E-state index contributed by atoms with van der Waals surface area (Å²) in [5.74, 6) is -0.107. The molecular weight excluding hydrogens is 250 g/mol. The summed E-state index contributed by atoms with van der Waals surface area (Å²) < 4.78 is 10.1. The predicted octanol–water partition coefficient (Wildman–Crippen LogP) is 0.570. The average molecular weight is 267 g/mol. The van der Waals surface area contributed by atoms with E-state index in [0.717, 1.165) is 38.0 Å². The number of rotatable bonds is 5. The van der Waals surface area contributed by atoms with Crippen molar-refractivity contribution >= 4 is 5.91 Å². The lowest BCUT2D eigenvalue weighted by atomic mass is 10.2. The molecule has 1 amide bonds. The molecule has 0 atom stereocenters. The summed E-state index contributed by atoms with van der Waals surface area (Å²) in [5.41, 5.74) is -0.413. The lowest BCUT2D eigenvalue weighted by Crippen LogP contribution is -2.36. The summed E-state index contributed by atoms with van der Waals surface area (Å²) in [7, 11) is 0. The van der Waals surface area contributed by atoms with Gasteiger partial charge in [0.05, 0.1) is 0 Å². The van der Waals surface area contributed by atoms with Crippen molar-refractivity contribution in [2.24, 2.45) is 0 Å². The molecule has 2 rings (SSSR count).